The molecule has 124 valence electrons. The van der Waals surface area contributed by atoms with Gasteiger partial charge in [0.05, 0.1) is 16.2 Å². The predicted octanol–water partition coefficient (Wildman–Crippen LogP) is 1.23. The molecule has 1 fully saturated rings. The van der Waals surface area contributed by atoms with Gasteiger partial charge in [0.15, 0.2) is 0 Å². The Hall–Kier alpha value is -3.15. The first kappa shape index (κ1) is 15.7. The van der Waals surface area contributed by atoms with Crippen molar-refractivity contribution in [3.8, 4) is 6.07 Å². The van der Waals surface area contributed by atoms with Gasteiger partial charge in [-0.05, 0) is 13.0 Å². The van der Waals surface area contributed by atoms with Crippen LogP contribution in [0.3, 0.4) is 0 Å². The molecule has 1 aromatic heterocycles. The minimum Gasteiger partial charge on any atom is -0.367 e. The van der Waals surface area contributed by atoms with Gasteiger partial charge < -0.3 is 14.4 Å². The minimum absolute atomic E-state index is 0.0662. The molecule has 9 nitrogen and oxygen atoms in total. The highest BCUT2D eigenvalue weighted by molar-refractivity contribution is 5.63. The highest BCUT2D eigenvalue weighted by atomic mass is 16.6. The molecule has 0 bridgehead atoms. The maximum absolute atomic E-state index is 10.9. The Morgan fingerprint density at radius 1 is 1.21 bits per heavy atom. The maximum Gasteiger partial charge on any atom is 0.270 e. The molecule has 0 N–H and O–H groups in total. The van der Waals surface area contributed by atoms with Crippen molar-refractivity contribution in [2.24, 2.45) is 7.05 Å². The van der Waals surface area contributed by atoms with E-state index in [-0.39, 0.29) is 5.69 Å². The molecule has 24 heavy (non-hydrogen) atoms. The number of piperazine rings is 1. The average molecular weight is 327 g/mol. The molecule has 2 heterocycles. The molecule has 0 amide bonds. The lowest BCUT2D eigenvalue weighted by Gasteiger charge is -2.36. The van der Waals surface area contributed by atoms with Crippen LogP contribution in [0, 0.1) is 28.4 Å². The lowest BCUT2D eigenvalue weighted by molar-refractivity contribution is -0.384. The summed E-state index contributed by atoms with van der Waals surface area (Å²) in [7, 11) is 1.93. The van der Waals surface area contributed by atoms with E-state index in [1.165, 1.54) is 12.1 Å². The summed E-state index contributed by atoms with van der Waals surface area (Å²) in [4.78, 5) is 14.6. The number of hydrogen-bond acceptors (Lipinski definition) is 7. The van der Waals surface area contributed by atoms with Crippen LogP contribution in [0.1, 0.15) is 11.4 Å². The zero-order valence-electron chi connectivity index (χ0n) is 13.5. The number of anilines is 2. The van der Waals surface area contributed by atoms with Gasteiger partial charge in [-0.2, -0.15) is 5.26 Å². The molecule has 0 radical (unpaired) electrons. The summed E-state index contributed by atoms with van der Waals surface area (Å²) in [5, 5.41) is 28.4. The van der Waals surface area contributed by atoms with Gasteiger partial charge in [-0.3, -0.25) is 10.1 Å². The first-order chi connectivity index (χ1) is 11.5. The molecule has 0 aliphatic carbocycles. The Labute approximate surface area is 138 Å². The molecular formula is C15H17N7O2. The first-order valence-corrected chi connectivity index (χ1v) is 7.55. The summed E-state index contributed by atoms with van der Waals surface area (Å²) < 4.78 is 1.95. The predicted molar refractivity (Wildman–Crippen MR) is 88.0 cm³/mol. The smallest absolute Gasteiger partial charge is 0.270 e. The van der Waals surface area contributed by atoms with E-state index in [1.54, 1.807) is 6.07 Å². The SMILES string of the molecule is Cc1nnc(N2CCN(c3ccc([N+](=O)[O-])cc3C#N)CC2)n1C. The number of non-ortho nitro benzene ring substituents is 1. The fraction of sp³-hybridized carbons (Fsp3) is 0.400. The van der Waals surface area contributed by atoms with Gasteiger partial charge >= 0.3 is 0 Å². The van der Waals surface area contributed by atoms with Crippen LogP contribution in [0.2, 0.25) is 0 Å². The fourth-order valence-electron chi connectivity index (χ4n) is 2.82. The summed E-state index contributed by atoms with van der Waals surface area (Å²) in [6.45, 7) is 4.81. The van der Waals surface area contributed by atoms with Gasteiger partial charge in [0.25, 0.3) is 5.69 Å². The third-order valence-electron chi connectivity index (χ3n) is 4.28. The molecule has 0 unspecified atom stereocenters. The normalized spacial score (nSPS) is 14.5. The summed E-state index contributed by atoms with van der Waals surface area (Å²) in [5.74, 6) is 1.69. The number of rotatable bonds is 3. The first-order valence-electron chi connectivity index (χ1n) is 7.55. The van der Waals surface area contributed by atoms with Gasteiger partial charge in [-0.15, -0.1) is 10.2 Å². The molecule has 0 atom stereocenters. The molecule has 1 saturated heterocycles. The fourth-order valence-corrected chi connectivity index (χ4v) is 2.82. The van der Waals surface area contributed by atoms with Crippen LogP contribution in [-0.2, 0) is 7.05 Å². The quantitative estimate of drug-likeness (QED) is 0.617. The summed E-state index contributed by atoms with van der Waals surface area (Å²) in [5.41, 5.74) is 0.993. The number of aryl methyl sites for hydroxylation is 1. The van der Waals surface area contributed by atoms with Gasteiger partial charge in [-0.1, -0.05) is 0 Å². The summed E-state index contributed by atoms with van der Waals surface area (Å²) in [6, 6.07) is 6.48. The van der Waals surface area contributed by atoms with Crippen molar-refractivity contribution in [3.05, 3.63) is 39.7 Å². The summed E-state index contributed by atoms with van der Waals surface area (Å²) >= 11 is 0. The van der Waals surface area contributed by atoms with Crippen LogP contribution in [0.5, 0.6) is 0 Å². The van der Waals surface area contributed by atoms with Crippen LogP contribution in [0.4, 0.5) is 17.3 Å². The van der Waals surface area contributed by atoms with E-state index in [4.69, 9.17) is 0 Å². The van der Waals surface area contributed by atoms with Crippen molar-refractivity contribution in [2.75, 3.05) is 36.0 Å². The standard InChI is InChI=1S/C15H17N7O2/c1-11-17-18-15(19(11)2)21-7-5-20(6-8-21)14-4-3-13(22(23)24)9-12(14)10-16/h3-4,9H,5-8H2,1-2H3. The van der Waals surface area contributed by atoms with Crippen molar-refractivity contribution in [3.63, 3.8) is 0 Å². The van der Waals surface area contributed by atoms with E-state index in [2.05, 4.69) is 26.1 Å². The number of nitro benzene ring substituents is 1. The van der Waals surface area contributed by atoms with E-state index in [0.29, 0.717) is 18.7 Å². The lowest BCUT2D eigenvalue weighted by atomic mass is 10.1. The van der Waals surface area contributed by atoms with Gasteiger partial charge in [0.1, 0.15) is 11.9 Å². The second kappa shape index (κ2) is 6.16. The topological polar surface area (TPSA) is 104 Å². The third-order valence-corrected chi connectivity index (χ3v) is 4.28. The molecule has 0 saturated carbocycles. The lowest BCUT2D eigenvalue weighted by Crippen LogP contribution is -2.47. The molecule has 3 rings (SSSR count). The highest BCUT2D eigenvalue weighted by Gasteiger charge is 2.23. The molecule has 2 aromatic rings. The van der Waals surface area contributed by atoms with Gasteiger partial charge in [0.2, 0.25) is 5.95 Å². The van der Waals surface area contributed by atoms with Crippen LogP contribution >= 0.6 is 0 Å². The van der Waals surface area contributed by atoms with E-state index in [9.17, 15) is 15.4 Å². The average Bonchev–Trinajstić information content (AvgIpc) is 2.93. The largest absolute Gasteiger partial charge is 0.367 e. The van der Waals surface area contributed by atoms with E-state index in [0.717, 1.165) is 30.5 Å². The number of aromatic nitrogens is 3. The molecule has 9 heteroatoms. The maximum atomic E-state index is 10.9. The van der Waals surface area contributed by atoms with E-state index in [1.807, 2.05) is 18.5 Å². The monoisotopic (exact) mass is 327 g/mol. The number of benzene rings is 1. The van der Waals surface area contributed by atoms with E-state index >= 15 is 0 Å². The van der Waals surface area contributed by atoms with Crippen molar-refractivity contribution in [1.82, 2.24) is 14.8 Å². The second-order valence-electron chi connectivity index (χ2n) is 5.65. The van der Waals surface area contributed by atoms with Crippen LogP contribution in [0.15, 0.2) is 18.2 Å². The number of nitrogens with zero attached hydrogens (tertiary/aromatic N) is 7. The zero-order chi connectivity index (χ0) is 17.3. The minimum atomic E-state index is -0.487. The van der Waals surface area contributed by atoms with Crippen molar-refractivity contribution >= 4 is 17.3 Å². The van der Waals surface area contributed by atoms with Gasteiger partial charge in [0, 0.05) is 45.4 Å². The van der Waals surface area contributed by atoms with Crippen molar-refractivity contribution in [2.45, 2.75) is 6.92 Å². The summed E-state index contributed by atoms with van der Waals surface area (Å²) in [6.07, 6.45) is 0. The van der Waals surface area contributed by atoms with Crippen LogP contribution < -0.4 is 9.80 Å². The Bertz CT molecular complexity index is 816. The van der Waals surface area contributed by atoms with Crippen molar-refractivity contribution in [1.29, 1.82) is 5.26 Å². The van der Waals surface area contributed by atoms with E-state index < -0.39 is 4.92 Å². The Kier molecular flexibility index (Phi) is 4.04. The second-order valence-corrected chi connectivity index (χ2v) is 5.65. The number of hydrogen-bond donors (Lipinski definition) is 0. The van der Waals surface area contributed by atoms with Crippen LogP contribution in [-0.4, -0.2) is 45.9 Å². The molecule has 1 aliphatic heterocycles. The molecule has 0 spiro atoms. The number of nitro groups is 1. The molecular weight excluding hydrogens is 310 g/mol. The Morgan fingerprint density at radius 2 is 1.88 bits per heavy atom. The Balaban J connectivity index is 1.76. The Morgan fingerprint density at radius 3 is 2.42 bits per heavy atom. The van der Waals surface area contributed by atoms with Gasteiger partial charge in [-0.25, -0.2) is 0 Å². The number of nitriles is 1. The third kappa shape index (κ3) is 2.74. The molecule has 1 aliphatic rings. The highest BCUT2D eigenvalue weighted by Crippen LogP contribution is 2.26. The van der Waals surface area contributed by atoms with Crippen molar-refractivity contribution < 1.29 is 4.92 Å². The zero-order valence-corrected chi connectivity index (χ0v) is 13.5. The van der Waals surface area contributed by atoms with Crippen LogP contribution in [0.25, 0.3) is 0 Å². The molecule has 1 aromatic carbocycles.